The number of anilines is 1. The minimum atomic E-state index is -2.83. The van der Waals surface area contributed by atoms with Gasteiger partial charge in [-0.2, -0.15) is 4.98 Å². The van der Waals surface area contributed by atoms with Crippen LogP contribution in [-0.2, 0) is 22.6 Å². The highest BCUT2D eigenvalue weighted by molar-refractivity contribution is 5.79. The number of methoxy groups -OCH3 is 1. The quantitative estimate of drug-likeness (QED) is 0.484. The van der Waals surface area contributed by atoms with Crippen molar-refractivity contribution in [3.63, 3.8) is 0 Å². The molecule has 1 aliphatic carbocycles. The van der Waals surface area contributed by atoms with Gasteiger partial charge in [0.25, 0.3) is 5.92 Å². The highest BCUT2D eigenvalue weighted by atomic mass is 19.3. The molecule has 2 saturated heterocycles. The first-order valence-electron chi connectivity index (χ1n) is 12.4. The average molecular weight is 509 g/mol. The number of rotatable bonds is 10. The number of aromatic nitrogens is 2. The van der Waals surface area contributed by atoms with Crippen molar-refractivity contribution in [2.45, 2.75) is 44.6 Å². The van der Waals surface area contributed by atoms with Gasteiger partial charge in [0, 0.05) is 26.3 Å². The molecule has 0 unspecified atom stereocenters. The Balaban J connectivity index is 1.01. The second-order valence-electron chi connectivity index (χ2n) is 10.1. The van der Waals surface area contributed by atoms with E-state index in [0.717, 1.165) is 37.3 Å². The maximum Gasteiger partial charge on any atom is 0.324 e. The monoisotopic (exact) mass is 508 g/mol. The summed E-state index contributed by atoms with van der Waals surface area (Å²) in [5.74, 6) is -0.916. The standard InChI is InChI=1S/C25H31F3N4O4/c1-34-13-22-29-24(36-30-22)31-7-4-16(5-8-31)20-10-17(20)6-9-35-19-3-2-18(21(26)12-19)11-23(33)32-14-25(27,28)15-32/h2-3,12,16-17,20H,4-11,13-15H2,1H3/t17-,20-/m1/s1. The van der Waals surface area contributed by atoms with E-state index >= 15 is 0 Å². The Hall–Kier alpha value is -2.82. The molecule has 0 spiro atoms. The number of hydrogen-bond acceptors (Lipinski definition) is 7. The van der Waals surface area contributed by atoms with Crippen molar-refractivity contribution in [1.82, 2.24) is 15.0 Å². The number of carbonyl (C=O) groups excluding carboxylic acids is 1. The molecule has 0 N–H and O–H groups in total. The lowest BCUT2D eigenvalue weighted by Crippen LogP contribution is -2.58. The van der Waals surface area contributed by atoms with E-state index in [4.69, 9.17) is 14.0 Å². The lowest BCUT2D eigenvalue weighted by Gasteiger charge is -2.38. The van der Waals surface area contributed by atoms with E-state index in [1.807, 2.05) is 0 Å². The molecule has 2 aromatic rings. The van der Waals surface area contributed by atoms with Gasteiger partial charge in [-0.25, -0.2) is 13.2 Å². The predicted molar refractivity (Wildman–Crippen MR) is 123 cm³/mol. The molecule has 0 bridgehead atoms. The van der Waals surface area contributed by atoms with Gasteiger partial charge in [-0.3, -0.25) is 4.79 Å². The largest absolute Gasteiger partial charge is 0.493 e. The van der Waals surface area contributed by atoms with Crippen molar-refractivity contribution in [3.05, 3.63) is 35.4 Å². The molecule has 2 aliphatic heterocycles. The van der Waals surface area contributed by atoms with Crippen molar-refractivity contribution in [2.75, 3.05) is 44.8 Å². The van der Waals surface area contributed by atoms with Crippen molar-refractivity contribution in [1.29, 1.82) is 0 Å². The van der Waals surface area contributed by atoms with Crippen molar-refractivity contribution in [2.24, 2.45) is 17.8 Å². The molecule has 36 heavy (non-hydrogen) atoms. The fraction of sp³-hybridized carbons (Fsp3) is 0.640. The summed E-state index contributed by atoms with van der Waals surface area (Å²) >= 11 is 0. The van der Waals surface area contributed by atoms with Crippen LogP contribution in [-0.4, -0.2) is 66.8 Å². The number of piperidine rings is 1. The molecule has 8 nitrogen and oxygen atoms in total. The Morgan fingerprint density at radius 1 is 1.25 bits per heavy atom. The molecular formula is C25H31F3N4O4. The Morgan fingerprint density at radius 3 is 2.72 bits per heavy atom. The lowest BCUT2D eigenvalue weighted by molar-refractivity contribution is -0.165. The third kappa shape index (κ3) is 5.77. The summed E-state index contributed by atoms with van der Waals surface area (Å²) in [5.41, 5.74) is 0.187. The summed E-state index contributed by atoms with van der Waals surface area (Å²) in [6.45, 7) is 1.45. The number of ether oxygens (including phenoxy) is 2. The molecule has 3 aliphatic rings. The molecule has 5 rings (SSSR count). The van der Waals surface area contributed by atoms with Crippen molar-refractivity contribution < 1.29 is 32.0 Å². The zero-order chi connectivity index (χ0) is 25.3. The molecule has 1 aromatic carbocycles. The molecule has 1 saturated carbocycles. The van der Waals surface area contributed by atoms with E-state index in [1.54, 1.807) is 13.2 Å². The van der Waals surface area contributed by atoms with E-state index in [-0.39, 0.29) is 12.0 Å². The molecule has 1 aromatic heterocycles. The van der Waals surface area contributed by atoms with E-state index < -0.39 is 30.7 Å². The fourth-order valence-electron chi connectivity index (χ4n) is 5.31. The second-order valence-corrected chi connectivity index (χ2v) is 10.1. The Kier molecular flexibility index (Phi) is 7.09. The van der Waals surface area contributed by atoms with Crippen molar-refractivity contribution in [3.8, 4) is 5.75 Å². The van der Waals surface area contributed by atoms with E-state index in [0.29, 0.717) is 48.6 Å². The Morgan fingerprint density at radius 2 is 2.03 bits per heavy atom. The van der Waals surface area contributed by atoms with Crippen LogP contribution in [0.5, 0.6) is 5.75 Å². The summed E-state index contributed by atoms with van der Waals surface area (Å²) in [7, 11) is 1.60. The molecule has 11 heteroatoms. The van der Waals surface area contributed by atoms with Gasteiger partial charge in [0.1, 0.15) is 18.2 Å². The van der Waals surface area contributed by atoms with Crippen LogP contribution in [0, 0.1) is 23.6 Å². The topological polar surface area (TPSA) is 80.9 Å². The molecule has 3 fully saturated rings. The van der Waals surface area contributed by atoms with Crippen LogP contribution in [0.4, 0.5) is 19.2 Å². The number of nitrogens with zero attached hydrogens (tertiary/aromatic N) is 4. The maximum atomic E-state index is 14.4. The van der Waals surface area contributed by atoms with Crippen molar-refractivity contribution >= 4 is 11.9 Å². The van der Waals surface area contributed by atoms with E-state index in [9.17, 15) is 18.0 Å². The first-order chi connectivity index (χ1) is 17.3. The van der Waals surface area contributed by atoms with Crippen LogP contribution in [0.2, 0.25) is 0 Å². The van der Waals surface area contributed by atoms with Gasteiger partial charge in [-0.05, 0) is 55.1 Å². The van der Waals surface area contributed by atoms with Gasteiger partial charge in [0.2, 0.25) is 5.91 Å². The van der Waals surface area contributed by atoms with Gasteiger partial charge in [0.05, 0.1) is 26.1 Å². The minimum absolute atomic E-state index is 0.187. The number of benzene rings is 1. The fourth-order valence-corrected chi connectivity index (χ4v) is 5.31. The Labute approximate surface area is 207 Å². The molecular weight excluding hydrogens is 477 g/mol. The summed E-state index contributed by atoms with van der Waals surface area (Å²) in [5, 5.41) is 3.93. The molecule has 2 atom stereocenters. The summed E-state index contributed by atoms with van der Waals surface area (Å²) < 4.78 is 56.4. The first kappa shape index (κ1) is 24.9. The predicted octanol–water partition coefficient (Wildman–Crippen LogP) is 3.70. The maximum absolute atomic E-state index is 14.4. The van der Waals surface area contributed by atoms with Crippen LogP contribution < -0.4 is 9.64 Å². The lowest BCUT2D eigenvalue weighted by atomic mass is 9.90. The summed E-state index contributed by atoms with van der Waals surface area (Å²) in [6.07, 6.45) is 4.05. The van der Waals surface area contributed by atoms with Gasteiger partial charge in [-0.15, -0.1) is 0 Å². The van der Waals surface area contributed by atoms with E-state index in [2.05, 4.69) is 15.0 Å². The van der Waals surface area contributed by atoms with Gasteiger partial charge in [-0.1, -0.05) is 11.2 Å². The number of alkyl halides is 2. The van der Waals surface area contributed by atoms with Crippen LogP contribution in [0.1, 0.15) is 37.1 Å². The normalized spacial score (nSPS) is 23.4. The smallest absolute Gasteiger partial charge is 0.324 e. The third-order valence-corrected chi connectivity index (χ3v) is 7.44. The van der Waals surface area contributed by atoms with Crippen LogP contribution in [0.25, 0.3) is 0 Å². The number of hydrogen-bond donors (Lipinski definition) is 0. The van der Waals surface area contributed by atoms with Gasteiger partial charge in [0.15, 0.2) is 5.82 Å². The Bertz CT molecular complexity index is 1070. The highest BCUT2D eigenvalue weighted by Crippen LogP contribution is 2.50. The first-order valence-corrected chi connectivity index (χ1v) is 12.4. The number of carbonyl (C=O) groups is 1. The average Bonchev–Trinajstić information content (AvgIpc) is 3.46. The number of amides is 1. The molecule has 196 valence electrons. The molecule has 1 amide bonds. The minimum Gasteiger partial charge on any atom is -0.493 e. The molecule has 0 radical (unpaired) electrons. The number of halogens is 3. The van der Waals surface area contributed by atoms with Gasteiger partial charge < -0.3 is 23.8 Å². The summed E-state index contributed by atoms with van der Waals surface area (Å²) in [6, 6.07) is 4.95. The van der Waals surface area contributed by atoms with E-state index in [1.165, 1.54) is 18.6 Å². The zero-order valence-corrected chi connectivity index (χ0v) is 20.3. The third-order valence-electron chi connectivity index (χ3n) is 7.44. The SMILES string of the molecule is COCc1noc(N2CCC([C@H]3C[C@H]3CCOc3ccc(CC(=O)N4CC(F)(F)C4)c(F)c3)CC2)n1. The van der Waals surface area contributed by atoms with Crippen LogP contribution in [0.3, 0.4) is 0 Å². The second kappa shape index (κ2) is 10.3. The zero-order valence-electron chi connectivity index (χ0n) is 20.3. The van der Waals surface area contributed by atoms with Crippen LogP contribution in [0.15, 0.2) is 22.7 Å². The summed E-state index contributed by atoms with van der Waals surface area (Å²) in [4.78, 5) is 19.6. The highest BCUT2D eigenvalue weighted by Gasteiger charge is 2.46. The molecule has 3 heterocycles. The van der Waals surface area contributed by atoms with Gasteiger partial charge >= 0.3 is 6.01 Å². The number of likely N-dealkylation sites (tertiary alicyclic amines) is 1. The van der Waals surface area contributed by atoms with Crippen LogP contribution >= 0.6 is 0 Å².